The SMILES string of the molecule is CCC(C)C(=O)N1Cc2ccccc2CC1C(=O)Nc1ccc(F)c(C(F)(F)F)c1. The van der Waals surface area contributed by atoms with Gasteiger partial charge in [-0.2, -0.15) is 13.2 Å². The lowest BCUT2D eigenvalue weighted by molar-refractivity contribution is -0.143. The number of rotatable bonds is 4. The van der Waals surface area contributed by atoms with Gasteiger partial charge < -0.3 is 10.2 Å². The number of halogens is 4. The molecule has 0 aliphatic carbocycles. The van der Waals surface area contributed by atoms with Crippen LogP contribution in [-0.4, -0.2) is 22.8 Å². The van der Waals surface area contributed by atoms with Crippen LogP contribution in [0, 0.1) is 11.7 Å². The number of carbonyl (C=O) groups is 2. The summed E-state index contributed by atoms with van der Waals surface area (Å²) in [5, 5.41) is 2.42. The molecule has 8 heteroatoms. The molecule has 3 rings (SSSR count). The number of hydrogen-bond donors (Lipinski definition) is 1. The summed E-state index contributed by atoms with van der Waals surface area (Å²) >= 11 is 0. The molecule has 2 amide bonds. The molecule has 160 valence electrons. The number of anilines is 1. The number of alkyl halides is 3. The molecule has 2 aromatic carbocycles. The molecule has 1 N–H and O–H groups in total. The van der Waals surface area contributed by atoms with Crippen molar-refractivity contribution >= 4 is 17.5 Å². The van der Waals surface area contributed by atoms with Gasteiger partial charge in [-0.15, -0.1) is 0 Å². The standard InChI is InChI=1S/C22H22F4N2O2/c1-3-13(2)21(30)28-12-15-7-5-4-6-14(15)10-19(28)20(29)27-16-8-9-18(23)17(11-16)22(24,25)26/h4-9,11,13,19H,3,10,12H2,1-2H3,(H,27,29). The van der Waals surface area contributed by atoms with Crippen molar-refractivity contribution in [2.45, 2.75) is 45.5 Å². The van der Waals surface area contributed by atoms with Crippen LogP contribution in [0.5, 0.6) is 0 Å². The van der Waals surface area contributed by atoms with Gasteiger partial charge in [0.05, 0.1) is 5.56 Å². The fourth-order valence-corrected chi connectivity index (χ4v) is 3.49. The quantitative estimate of drug-likeness (QED) is 0.721. The first-order chi connectivity index (χ1) is 14.1. The Morgan fingerprint density at radius 2 is 1.83 bits per heavy atom. The number of benzene rings is 2. The highest BCUT2D eigenvalue weighted by molar-refractivity contribution is 5.98. The zero-order valence-corrected chi connectivity index (χ0v) is 16.6. The van der Waals surface area contributed by atoms with E-state index in [9.17, 15) is 27.2 Å². The number of fused-ring (bicyclic) bond motifs is 1. The van der Waals surface area contributed by atoms with Crippen LogP contribution in [0.1, 0.15) is 37.0 Å². The largest absolute Gasteiger partial charge is 0.419 e. The molecule has 2 atom stereocenters. The van der Waals surface area contributed by atoms with Crippen molar-refractivity contribution in [1.29, 1.82) is 0 Å². The van der Waals surface area contributed by atoms with E-state index in [1.165, 1.54) is 4.90 Å². The molecule has 1 aliphatic rings. The van der Waals surface area contributed by atoms with Crippen molar-refractivity contribution in [2.24, 2.45) is 5.92 Å². The van der Waals surface area contributed by atoms with Crippen molar-refractivity contribution in [3.05, 3.63) is 65.0 Å². The Labute approximate surface area is 171 Å². The Morgan fingerprint density at radius 1 is 1.17 bits per heavy atom. The molecule has 0 saturated carbocycles. The smallest absolute Gasteiger partial charge is 0.326 e. The lowest BCUT2D eigenvalue weighted by atomic mass is 9.92. The van der Waals surface area contributed by atoms with Gasteiger partial charge in [-0.05, 0) is 35.7 Å². The van der Waals surface area contributed by atoms with E-state index in [-0.39, 0.29) is 30.5 Å². The van der Waals surface area contributed by atoms with E-state index in [1.807, 2.05) is 31.2 Å². The van der Waals surface area contributed by atoms with Crippen molar-refractivity contribution in [3.8, 4) is 0 Å². The topological polar surface area (TPSA) is 49.4 Å². The van der Waals surface area contributed by atoms with Gasteiger partial charge in [-0.1, -0.05) is 38.1 Å². The number of amides is 2. The molecule has 2 unspecified atom stereocenters. The zero-order valence-electron chi connectivity index (χ0n) is 16.6. The van der Waals surface area contributed by atoms with E-state index >= 15 is 0 Å². The Bertz CT molecular complexity index is 958. The molecule has 2 aromatic rings. The normalized spacial score (nSPS) is 17.3. The molecular weight excluding hydrogens is 400 g/mol. The van der Waals surface area contributed by atoms with Gasteiger partial charge in [0, 0.05) is 24.6 Å². The zero-order chi connectivity index (χ0) is 22.1. The molecular formula is C22H22F4N2O2. The van der Waals surface area contributed by atoms with Crippen LogP contribution < -0.4 is 5.32 Å². The highest BCUT2D eigenvalue weighted by atomic mass is 19.4. The summed E-state index contributed by atoms with van der Waals surface area (Å²) in [6.07, 6.45) is -4.04. The van der Waals surface area contributed by atoms with E-state index < -0.39 is 29.5 Å². The predicted molar refractivity (Wildman–Crippen MR) is 104 cm³/mol. The third-order valence-electron chi connectivity index (χ3n) is 5.41. The van der Waals surface area contributed by atoms with Crippen LogP contribution in [0.4, 0.5) is 23.2 Å². The fourth-order valence-electron chi connectivity index (χ4n) is 3.49. The molecule has 0 bridgehead atoms. The van der Waals surface area contributed by atoms with E-state index in [2.05, 4.69) is 5.32 Å². The Kier molecular flexibility index (Phi) is 6.14. The monoisotopic (exact) mass is 422 g/mol. The molecule has 0 fully saturated rings. The summed E-state index contributed by atoms with van der Waals surface area (Å²) in [6.45, 7) is 3.88. The van der Waals surface area contributed by atoms with Gasteiger partial charge in [-0.3, -0.25) is 9.59 Å². The maximum Gasteiger partial charge on any atom is 0.419 e. The van der Waals surface area contributed by atoms with Crippen LogP contribution >= 0.6 is 0 Å². The number of nitrogens with zero attached hydrogens (tertiary/aromatic N) is 1. The fraction of sp³-hybridized carbons (Fsp3) is 0.364. The van der Waals surface area contributed by atoms with Crippen molar-refractivity contribution in [3.63, 3.8) is 0 Å². The second-order valence-electron chi connectivity index (χ2n) is 7.45. The van der Waals surface area contributed by atoms with Crippen LogP contribution in [0.2, 0.25) is 0 Å². The molecule has 1 heterocycles. The third kappa shape index (κ3) is 4.47. The molecule has 0 spiro atoms. The first kappa shape index (κ1) is 21.8. The summed E-state index contributed by atoms with van der Waals surface area (Å²) < 4.78 is 52.5. The van der Waals surface area contributed by atoms with E-state index in [0.717, 1.165) is 17.2 Å². The van der Waals surface area contributed by atoms with E-state index in [1.54, 1.807) is 6.92 Å². The molecule has 1 aliphatic heterocycles. The molecule has 4 nitrogen and oxygen atoms in total. The van der Waals surface area contributed by atoms with Gasteiger partial charge in [0.25, 0.3) is 0 Å². The Morgan fingerprint density at radius 3 is 2.47 bits per heavy atom. The van der Waals surface area contributed by atoms with Crippen molar-refractivity contribution in [2.75, 3.05) is 5.32 Å². The second-order valence-corrected chi connectivity index (χ2v) is 7.45. The highest BCUT2D eigenvalue weighted by Crippen LogP contribution is 2.33. The van der Waals surface area contributed by atoms with Gasteiger partial charge in [0.2, 0.25) is 11.8 Å². The van der Waals surface area contributed by atoms with Gasteiger partial charge in [-0.25, -0.2) is 4.39 Å². The summed E-state index contributed by atoms with van der Waals surface area (Å²) in [5.41, 5.74) is 0.200. The summed E-state index contributed by atoms with van der Waals surface area (Å²) in [6, 6.07) is 8.84. The minimum Gasteiger partial charge on any atom is -0.326 e. The number of hydrogen-bond acceptors (Lipinski definition) is 2. The lowest BCUT2D eigenvalue weighted by Gasteiger charge is -2.37. The second kappa shape index (κ2) is 8.45. The Balaban J connectivity index is 1.89. The van der Waals surface area contributed by atoms with Crippen LogP contribution in [0.25, 0.3) is 0 Å². The molecule has 0 saturated heterocycles. The Hall–Kier alpha value is -2.90. The first-order valence-electron chi connectivity index (χ1n) is 9.66. The molecule has 0 aromatic heterocycles. The summed E-state index contributed by atoms with van der Waals surface area (Å²) in [4.78, 5) is 27.3. The number of carbonyl (C=O) groups excluding carboxylic acids is 2. The summed E-state index contributed by atoms with van der Waals surface area (Å²) in [7, 11) is 0. The minimum atomic E-state index is -4.88. The minimum absolute atomic E-state index is 0.177. The third-order valence-corrected chi connectivity index (χ3v) is 5.41. The first-order valence-corrected chi connectivity index (χ1v) is 9.66. The summed E-state index contributed by atoms with van der Waals surface area (Å²) in [5.74, 6) is -2.52. The van der Waals surface area contributed by atoms with Crippen molar-refractivity contribution < 1.29 is 27.2 Å². The maximum absolute atomic E-state index is 13.5. The van der Waals surface area contributed by atoms with Crippen LogP contribution in [0.15, 0.2) is 42.5 Å². The van der Waals surface area contributed by atoms with Gasteiger partial charge in [0.1, 0.15) is 11.9 Å². The average molecular weight is 422 g/mol. The van der Waals surface area contributed by atoms with Gasteiger partial charge >= 0.3 is 6.18 Å². The molecule has 0 radical (unpaired) electrons. The molecule has 30 heavy (non-hydrogen) atoms. The van der Waals surface area contributed by atoms with Crippen LogP contribution in [0.3, 0.4) is 0 Å². The lowest BCUT2D eigenvalue weighted by Crippen LogP contribution is -2.52. The number of nitrogens with one attached hydrogen (secondary N) is 1. The van der Waals surface area contributed by atoms with Crippen LogP contribution in [-0.2, 0) is 28.7 Å². The highest BCUT2D eigenvalue weighted by Gasteiger charge is 2.37. The van der Waals surface area contributed by atoms with E-state index in [0.29, 0.717) is 18.6 Å². The maximum atomic E-state index is 13.5. The predicted octanol–water partition coefficient (Wildman–Crippen LogP) is 4.78. The van der Waals surface area contributed by atoms with E-state index in [4.69, 9.17) is 0 Å². The van der Waals surface area contributed by atoms with Gasteiger partial charge in [0.15, 0.2) is 0 Å². The average Bonchev–Trinajstić information content (AvgIpc) is 2.72. The van der Waals surface area contributed by atoms with Crippen molar-refractivity contribution in [1.82, 2.24) is 4.90 Å².